The zero-order valence-electron chi connectivity index (χ0n) is 14.1. The van der Waals surface area contributed by atoms with E-state index >= 15 is 0 Å². The van der Waals surface area contributed by atoms with E-state index in [0.717, 1.165) is 18.9 Å². The molecule has 0 aromatic carbocycles. The first-order valence-electron chi connectivity index (χ1n) is 8.17. The van der Waals surface area contributed by atoms with Crippen molar-refractivity contribution in [2.24, 2.45) is 5.92 Å². The van der Waals surface area contributed by atoms with E-state index < -0.39 is 0 Å². The number of amides is 1. The Morgan fingerprint density at radius 2 is 1.91 bits per heavy atom. The van der Waals surface area contributed by atoms with E-state index in [1.165, 1.54) is 0 Å². The Balaban J connectivity index is 1.90. The quantitative estimate of drug-likeness (QED) is 0.776. The molecule has 23 heavy (non-hydrogen) atoms. The van der Waals surface area contributed by atoms with E-state index in [4.69, 9.17) is 4.74 Å². The first-order chi connectivity index (χ1) is 11.0. The van der Waals surface area contributed by atoms with Gasteiger partial charge in [0.05, 0.1) is 12.2 Å². The lowest BCUT2D eigenvalue weighted by molar-refractivity contribution is -0.132. The third kappa shape index (κ3) is 4.68. The number of piperazine rings is 1. The monoisotopic (exact) mass is 319 g/mol. The van der Waals surface area contributed by atoms with Crippen molar-refractivity contribution in [1.82, 2.24) is 9.88 Å². The van der Waals surface area contributed by atoms with Crippen LogP contribution in [0.15, 0.2) is 18.3 Å². The molecule has 0 spiro atoms. The average Bonchev–Trinajstić information content (AvgIpc) is 2.55. The number of esters is 1. The number of nitrogens with zero attached hydrogens (tertiary/aromatic N) is 3. The van der Waals surface area contributed by atoms with Crippen LogP contribution >= 0.6 is 0 Å². The highest BCUT2D eigenvalue weighted by Crippen LogP contribution is 2.15. The van der Waals surface area contributed by atoms with Crippen LogP contribution < -0.4 is 4.90 Å². The lowest BCUT2D eigenvalue weighted by Crippen LogP contribution is -2.49. The fraction of sp³-hybridized carbons (Fsp3) is 0.588. The Morgan fingerprint density at radius 3 is 2.43 bits per heavy atom. The highest BCUT2D eigenvalue weighted by Gasteiger charge is 2.22. The third-order valence-corrected chi connectivity index (χ3v) is 3.80. The molecular formula is C17H25N3O3. The molecule has 2 rings (SSSR count). The number of rotatable bonds is 5. The molecule has 1 aromatic rings. The van der Waals surface area contributed by atoms with Crippen LogP contribution in [0.4, 0.5) is 5.82 Å². The molecule has 0 radical (unpaired) electrons. The van der Waals surface area contributed by atoms with Gasteiger partial charge in [-0.1, -0.05) is 13.8 Å². The van der Waals surface area contributed by atoms with Gasteiger partial charge in [-0.2, -0.15) is 0 Å². The summed E-state index contributed by atoms with van der Waals surface area (Å²) in [5.41, 5.74) is 0.460. The fourth-order valence-corrected chi connectivity index (χ4v) is 2.57. The molecular weight excluding hydrogens is 294 g/mol. The number of ether oxygens (including phenoxy) is 1. The van der Waals surface area contributed by atoms with Crippen molar-refractivity contribution in [2.45, 2.75) is 27.2 Å². The summed E-state index contributed by atoms with van der Waals surface area (Å²) in [6.07, 6.45) is 2.15. The summed E-state index contributed by atoms with van der Waals surface area (Å²) in [7, 11) is 0. The molecule has 0 atom stereocenters. The minimum Gasteiger partial charge on any atom is -0.462 e. The van der Waals surface area contributed by atoms with Crippen LogP contribution in [0.25, 0.3) is 0 Å². The van der Waals surface area contributed by atoms with Crippen LogP contribution in [0, 0.1) is 5.92 Å². The minimum absolute atomic E-state index is 0.227. The fourth-order valence-electron chi connectivity index (χ4n) is 2.57. The molecule has 0 aliphatic carbocycles. The van der Waals surface area contributed by atoms with Crippen LogP contribution in [0.3, 0.4) is 0 Å². The summed E-state index contributed by atoms with van der Waals surface area (Å²) in [5, 5.41) is 0. The van der Waals surface area contributed by atoms with E-state index in [1.807, 2.05) is 11.0 Å². The van der Waals surface area contributed by atoms with E-state index in [1.54, 1.807) is 19.2 Å². The number of hydrogen-bond donors (Lipinski definition) is 0. The van der Waals surface area contributed by atoms with E-state index in [9.17, 15) is 9.59 Å². The molecule has 0 N–H and O–H groups in total. The summed E-state index contributed by atoms with van der Waals surface area (Å²) in [5.74, 6) is 1.09. The maximum atomic E-state index is 12.1. The number of carbonyl (C=O) groups excluding carboxylic acids is 2. The van der Waals surface area contributed by atoms with Gasteiger partial charge in [-0.3, -0.25) is 4.79 Å². The summed E-state index contributed by atoms with van der Waals surface area (Å²) in [6.45, 7) is 9.20. The second kappa shape index (κ2) is 7.94. The summed E-state index contributed by atoms with van der Waals surface area (Å²) >= 11 is 0. The molecule has 1 aliphatic rings. The summed E-state index contributed by atoms with van der Waals surface area (Å²) < 4.78 is 4.95. The Kier molecular flexibility index (Phi) is 5.96. The standard InChI is InChI=1S/C17H25N3O3/c1-4-23-17(22)14-5-6-15(18-12-14)19-7-9-20(10-8-19)16(21)11-13(2)3/h5-6,12-13H,4,7-11H2,1-3H3. The highest BCUT2D eigenvalue weighted by molar-refractivity contribution is 5.89. The van der Waals surface area contributed by atoms with E-state index in [0.29, 0.717) is 37.6 Å². The second-order valence-electron chi connectivity index (χ2n) is 6.09. The van der Waals surface area contributed by atoms with Crippen molar-refractivity contribution >= 4 is 17.7 Å². The highest BCUT2D eigenvalue weighted by atomic mass is 16.5. The molecule has 1 aromatic heterocycles. The molecule has 0 unspecified atom stereocenters. The van der Waals surface area contributed by atoms with Crippen LogP contribution in [-0.2, 0) is 9.53 Å². The minimum atomic E-state index is -0.351. The molecule has 1 aliphatic heterocycles. The Morgan fingerprint density at radius 1 is 1.22 bits per heavy atom. The number of hydrogen-bond acceptors (Lipinski definition) is 5. The van der Waals surface area contributed by atoms with Crippen molar-refractivity contribution in [1.29, 1.82) is 0 Å². The van der Waals surface area contributed by atoms with Gasteiger partial charge >= 0.3 is 5.97 Å². The Bertz CT molecular complexity index is 535. The van der Waals surface area contributed by atoms with Crippen molar-refractivity contribution in [3.63, 3.8) is 0 Å². The van der Waals surface area contributed by atoms with Crippen molar-refractivity contribution in [3.05, 3.63) is 23.9 Å². The van der Waals surface area contributed by atoms with Gasteiger partial charge in [0.2, 0.25) is 5.91 Å². The van der Waals surface area contributed by atoms with Gasteiger partial charge in [0.15, 0.2) is 0 Å². The molecule has 0 saturated carbocycles. The second-order valence-corrected chi connectivity index (χ2v) is 6.09. The predicted octanol–water partition coefficient (Wildman–Crippen LogP) is 1.95. The number of pyridine rings is 1. The lowest BCUT2D eigenvalue weighted by Gasteiger charge is -2.35. The number of carbonyl (C=O) groups is 2. The van der Waals surface area contributed by atoms with E-state index in [-0.39, 0.29) is 11.9 Å². The molecule has 6 heteroatoms. The maximum absolute atomic E-state index is 12.1. The summed E-state index contributed by atoms with van der Waals surface area (Å²) in [6, 6.07) is 3.56. The van der Waals surface area contributed by atoms with Crippen LogP contribution in [-0.4, -0.2) is 54.5 Å². The molecule has 126 valence electrons. The van der Waals surface area contributed by atoms with E-state index in [2.05, 4.69) is 23.7 Å². The molecule has 1 amide bonds. The van der Waals surface area contributed by atoms with Gasteiger partial charge in [0.25, 0.3) is 0 Å². The molecule has 6 nitrogen and oxygen atoms in total. The lowest BCUT2D eigenvalue weighted by atomic mass is 10.1. The van der Waals surface area contributed by atoms with Crippen molar-refractivity contribution < 1.29 is 14.3 Å². The topological polar surface area (TPSA) is 62.7 Å². The molecule has 2 heterocycles. The maximum Gasteiger partial charge on any atom is 0.339 e. The SMILES string of the molecule is CCOC(=O)c1ccc(N2CCN(C(=O)CC(C)C)CC2)nc1. The molecule has 1 saturated heterocycles. The number of aromatic nitrogens is 1. The van der Waals surface area contributed by atoms with Gasteiger partial charge in [0, 0.05) is 38.8 Å². The zero-order valence-corrected chi connectivity index (χ0v) is 14.1. The Hall–Kier alpha value is -2.11. The van der Waals surface area contributed by atoms with Crippen molar-refractivity contribution in [2.75, 3.05) is 37.7 Å². The van der Waals surface area contributed by atoms with Crippen LogP contribution in [0.1, 0.15) is 37.6 Å². The largest absolute Gasteiger partial charge is 0.462 e. The number of anilines is 1. The predicted molar refractivity (Wildman–Crippen MR) is 88.4 cm³/mol. The van der Waals surface area contributed by atoms with Gasteiger partial charge in [-0.25, -0.2) is 9.78 Å². The third-order valence-electron chi connectivity index (χ3n) is 3.80. The zero-order chi connectivity index (χ0) is 16.8. The van der Waals surface area contributed by atoms with Gasteiger partial charge in [-0.15, -0.1) is 0 Å². The normalized spacial score (nSPS) is 15.0. The first kappa shape index (κ1) is 17.2. The van der Waals surface area contributed by atoms with Crippen LogP contribution in [0.5, 0.6) is 0 Å². The summed E-state index contributed by atoms with van der Waals surface area (Å²) in [4.78, 5) is 32.1. The Labute approximate surface area is 137 Å². The smallest absolute Gasteiger partial charge is 0.339 e. The first-order valence-corrected chi connectivity index (χ1v) is 8.17. The van der Waals surface area contributed by atoms with Crippen LogP contribution in [0.2, 0.25) is 0 Å². The van der Waals surface area contributed by atoms with Crippen molar-refractivity contribution in [3.8, 4) is 0 Å². The molecule has 0 bridgehead atoms. The van der Waals surface area contributed by atoms with Gasteiger partial charge in [-0.05, 0) is 25.0 Å². The average molecular weight is 319 g/mol. The molecule has 1 fully saturated rings. The van der Waals surface area contributed by atoms with Gasteiger partial charge < -0.3 is 14.5 Å². The van der Waals surface area contributed by atoms with Gasteiger partial charge in [0.1, 0.15) is 5.82 Å².